The van der Waals surface area contributed by atoms with E-state index in [1.54, 1.807) is 6.07 Å². The third-order valence-corrected chi connectivity index (χ3v) is 7.39. The third kappa shape index (κ3) is 4.45. The first-order valence-corrected chi connectivity index (χ1v) is 11.3. The number of rotatable bonds is 6. The van der Waals surface area contributed by atoms with E-state index in [2.05, 4.69) is 5.32 Å². The molecule has 166 valence electrons. The summed E-state index contributed by atoms with van der Waals surface area (Å²) in [5.74, 6) is 0.340. The molecule has 0 bridgehead atoms. The highest BCUT2D eigenvalue weighted by Gasteiger charge is 2.34. The SMILES string of the molecule is COc1ccc(F)cc1S(=O)(=O)N1CCC(C(=O)NCc2ccc3c(c2)OCO3)CC1. The van der Waals surface area contributed by atoms with Gasteiger partial charge in [-0.2, -0.15) is 4.31 Å². The van der Waals surface area contributed by atoms with Gasteiger partial charge in [-0.25, -0.2) is 12.8 Å². The first kappa shape index (κ1) is 21.4. The van der Waals surface area contributed by atoms with Gasteiger partial charge < -0.3 is 19.5 Å². The van der Waals surface area contributed by atoms with Gasteiger partial charge in [-0.1, -0.05) is 6.07 Å². The summed E-state index contributed by atoms with van der Waals surface area (Å²) in [7, 11) is -2.59. The smallest absolute Gasteiger partial charge is 0.246 e. The Morgan fingerprint density at radius 3 is 2.65 bits per heavy atom. The predicted molar refractivity (Wildman–Crippen MR) is 109 cm³/mol. The Morgan fingerprint density at radius 1 is 1.16 bits per heavy atom. The second-order valence-corrected chi connectivity index (χ2v) is 9.29. The van der Waals surface area contributed by atoms with Gasteiger partial charge in [0.1, 0.15) is 16.5 Å². The zero-order valence-corrected chi connectivity index (χ0v) is 17.8. The summed E-state index contributed by atoms with van der Waals surface area (Å²) in [5, 5.41) is 2.90. The lowest BCUT2D eigenvalue weighted by Gasteiger charge is -2.30. The molecule has 1 fully saturated rings. The zero-order valence-electron chi connectivity index (χ0n) is 17.0. The minimum atomic E-state index is -3.93. The van der Waals surface area contributed by atoms with Gasteiger partial charge >= 0.3 is 0 Å². The first-order valence-electron chi connectivity index (χ1n) is 9.88. The Kier molecular flexibility index (Phi) is 6.01. The van der Waals surface area contributed by atoms with Crippen molar-refractivity contribution in [2.45, 2.75) is 24.3 Å². The minimum Gasteiger partial charge on any atom is -0.495 e. The number of piperidine rings is 1. The number of fused-ring (bicyclic) bond motifs is 1. The monoisotopic (exact) mass is 450 g/mol. The molecule has 0 spiro atoms. The van der Waals surface area contributed by atoms with E-state index in [9.17, 15) is 17.6 Å². The van der Waals surface area contributed by atoms with Crippen LogP contribution in [0.1, 0.15) is 18.4 Å². The molecule has 1 saturated heterocycles. The number of hydrogen-bond acceptors (Lipinski definition) is 6. The summed E-state index contributed by atoms with van der Waals surface area (Å²) < 4.78 is 56.5. The summed E-state index contributed by atoms with van der Waals surface area (Å²) >= 11 is 0. The number of carbonyl (C=O) groups excluding carboxylic acids is 1. The van der Waals surface area contributed by atoms with Gasteiger partial charge in [-0.3, -0.25) is 4.79 Å². The molecule has 4 rings (SSSR count). The number of amides is 1. The Morgan fingerprint density at radius 2 is 1.90 bits per heavy atom. The molecule has 2 aromatic rings. The van der Waals surface area contributed by atoms with Crippen LogP contribution in [0.2, 0.25) is 0 Å². The van der Waals surface area contributed by atoms with Gasteiger partial charge in [-0.15, -0.1) is 0 Å². The van der Waals surface area contributed by atoms with E-state index in [4.69, 9.17) is 14.2 Å². The van der Waals surface area contributed by atoms with E-state index in [1.165, 1.54) is 17.5 Å². The van der Waals surface area contributed by atoms with Gasteiger partial charge in [0.05, 0.1) is 7.11 Å². The van der Waals surface area contributed by atoms with Crippen molar-refractivity contribution in [2.75, 3.05) is 27.0 Å². The van der Waals surface area contributed by atoms with Gasteiger partial charge in [0.2, 0.25) is 22.7 Å². The van der Waals surface area contributed by atoms with Crippen molar-refractivity contribution in [3.8, 4) is 17.2 Å². The van der Waals surface area contributed by atoms with Crippen LogP contribution in [0.5, 0.6) is 17.2 Å². The Hall–Kier alpha value is -2.85. The summed E-state index contributed by atoms with van der Waals surface area (Å²) in [6.45, 7) is 0.872. The lowest BCUT2D eigenvalue weighted by molar-refractivity contribution is -0.126. The molecule has 10 heteroatoms. The van der Waals surface area contributed by atoms with Crippen LogP contribution in [-0.2, 0) is 21.4 Å². The van der Waals surface area contributed by atoms with E-state index < -0.39 is 15.8 Å². The van der Waals surface area contributed by atoms with Crippen molar-refractivity contribution >= 4 is 15.9 Å². The zero-order chi connectivity index (χ0) is 22.0. The topological polar surface area (TPSA) is 94.2 Å². The third-order valence-electron chi connectivity index (χ3n) is 5.47. The number of ether oxygens (including phenoxy) is 3. The van der Waals surface area contributed by atoms with E-state index in [-0.39, 0.29) is 42.4 Å². The molecule has 2 aliphatic rings. The maximum absolute atomic E-state index is 13.6. The van der Waals surface area contributed by atoms with Gasteiger partial charge in [-0.05, 0) is 48.7 Å². The molecule has 31 heavy (non-hydrogen) atoms. The fourth-order valence-electron chi connectivity index (χ4n) is 3.73. The van der Waals surface area contributed by atoms with Gasteiger partial charge in [0.25, 0.3) is 0 Å². The van der Waals surface area contributed by atoms with Crippen molar-refractivity contribution in [1.82, 2.24) is 9.62 Å². The fraction of sp³-hybridized carbons (Fsp3) is 0.381. The van der Waals surface area contributed by atoms with Crippen molar-refractivity contribution in [2.24, 2.45) is 5.92 Å². The number of halogens is 1. The van der Waals surface area contributed by atoms with E-state index in [0.717, 1.165) is 17.7 Å². The molecular weight excluding hydrogens is 427 g/mol. The number of carbonyl (C=O) groups is 1. The van der Waals surface area contributed by atoms with E-state index in [1.807, 2.05) is 12.1 Å². The van der Waals surface area contributed by atoms with Crippen molar-refractivity contribution in [1.29, 1.82) is 0 Å². The first-order chi connectivity index (χ1) is 14.9. The molecule has 1 amide bonds. The van der Waals surface area contributed by atoms with Crippen LogP contribution in [0.25, 0.3) is 0 Å². The van der Waals surface area contributed by atoms with E-state index in [0.29, 0.717) is 30.9 Å². The van der Waals surface area contributed by atoms with Crippen LogP contribution in [0.4, 0.5) is 4.39 Å². The Bertz CT molecular complexity index is 1080. The highest BCUT2D eigenvalue weighted by Crippen LogP contribution is 2.33. The normalized spacial score (nSPS) is 16.8. The highest BCUT2D eigenvalue weighted by atomic mass is 32.2. The Balaban J connectivity index is 1.35. The molecule has 0 saturated carbocycles. The number of methoxy groups -OCH3 is 1. The summed E-state index contributed by atoms with van der Waals surface area (Å²) in [6.07, 6.45) is 0.758. The summed E-state index contributed by atoms with van der Waals surface area (Å²) in [4.78, 5) is 12.4. The largest absolute Gasteiger partial charge is 0.495 e. The standard InChI is InChI=1S/C21H23FN2O6S/c1-28-18-5-3-16(22)11-20(18)31(26,27)24-8-6-15(7-9-24)21(25)23-12-14-2-4-17-19(10-14)30-13-29-17/h2-5,10-11,15H,6-9,12-13H2,1H3,(H,23,25). The van der Waals surface area contributed by atoms with Crippen molar-refractivity contribution in [3.63, 3.8) is 0 Å². The number of benzene rings is 2. The second-order valence-electron chi connectivity index (χ2n) is 7.38. The van der Waals surface area contributed by atoms with Crippen LogP contribution in [-0.4, -0.2) is 45.6 Å². The van der Waals surface area contributed by atoms with Crippen LogP contribution < -0.4 is 19.5 Å². The number of hydrogen-bond donors (Lipinski definition) is 1. The molecule has 0 radical (unpaired) electrons. The number of nitrogens with zero attached hydrogens (tertiary/aromatic N) is 1. The molecule has 0 atom stereocenters. The molecule has 0 aliphatic carbocycles. The molecule has 2 aromatic carbocycles. The summed E-state index contributed by atoms with van der Waals surface area (Å²) in [6, 6.07) is 8.87. The maximum atomic E-state index is 13.6. The summed E-state index contributed by atoms with van der Waals surface area (Å²) in [5.41, 5.74) is 0.885. The molecule has 0 unspecified atom stereocenters. The molecule has 1 N–H and O–H groups in total. The van der Waals surface area contributed by atoms with Gasteiger partial charge in [0, 0.05) is 25.6 Å². The average Bonchev–Trinajstić information content (AvgIpc) is 3.25. The fourth-order valence-corrected chi connectivity index (χ4v) is 5.37. The molecule has 2 aliphatic heterocycles. The molecule has 0 aromatic heterocycles. The predicted octanol–water partition coefficient (Wildman–Crippen LogP) is 2.28. The lowest BCUT2D eigenvalue weighted by Crippen LogP contribution is -2.43. The average molecular weight is 450 g/mol. The van der Waals surface area contributed by atoms with Crippen LogP contribution in [0.3, 0.4) is 0 Å². The lowest BCUT2D eigenvalue weighted by atomic mass is 9.97. The molecule has 8 nitrogen and oxygen atoms in total. The van der Waals surface area contributed by atoms with Gasteiger partial charge in [0.15, 0.2) is 11.5 Å². The van der Waals surface area contributed by atoms with E-state index >= 15 is 0 Å². The van der Waals surface area contributed by atoms with Crippen LogP contribution in [0.15, 0.2) is 41.3 Å². The molecular formula is C21H23FN2O6S. The number of nitrogens with one attached hydrogen (secondary N) is 1. The van der Waals surface area contributed by atoms with Crippen molar-refractivity contribution < 1.29 is 31.8 Å². The quantitative estimate of drug-likeness (QED) is 0.726. The van der Waals surface area contributed by atoms with Crippen LogP contribution in [0, 0.1) is 11.7 Å². The second kappa shape index (κ2) is 8.72. The molecule has 2 heterocycles. The van der Waals surface area contributed by atoms with Crippen LogP contribution >= 0.6 is 0 Å². The highest BCUT2D eigenvalue weighted by molar-refractivity contribution is 7.89. The maximum Gasteiger partial charge on any atom is 0.246 e. The minimum absolute atomic E-state index is 0.0880. The Labute approximate surface area is 179 Å². The number of sulfonamides is 1. The van der Waals surface area contributed by atoms with Crippen molar-refractivity contribution in [3.05, 3.63) is 47.8 Å².